The Bertz CT molecular complexity index is 102. The van der Waals surface area contributed by atoms with Crippen molar-refractivity contribution >= 4 is 18.9 Å². The van der Waals surface area contributed by atoms with Gasteiger partial charge in [-0.2, -0.15) is 0 Å². The van der Waals surface area contributed by atoms with Crippen molar-refractivity contribution in [3.8, 4) is 0 Å². The van der Waals surface area contributed by atoms with E-state index in [0.717, 1.165) is 0 Å². The van der Waals surface area contributed by atoms with Crippen LogP contribution in [-0.2, 0) is 71.4 Å². The topological polar surface area (TPSA) is 74.6 Å². The molecular weight excluding hydrogens is 298 g/mol. The molecule has 0 aliphatic carbocycles. The predicted molar refractivity (Wildman–Crippen MR) is 13.0 cm³/mol. The van der Waals surface area contributed by atoms with E-state index in [2.05, 4.69) is 0 Å². The minimum absolute atomic E-state index is 0. The van der Waals surface area contributed by atoms with Crippen LogP contribution in [0.1, 0.15) is 0 Å². The number of hydrogen-bond donors (Lipinski definition) is 2. The third-order valence-corrected chi connectivity index (χ3v) is 0. The van der Waals surface area contributed by atoms with Gasteiger partial charge in [0.25, 0.3) is 0 Å². The van der Waals surface area contributed by atoms with Gasteiger partial charge in [0.2, 0.25) is 0 Å². The van der Waals surface area contributed by atoms with Crippen LogP contribution in [0.15, 0.2) is 0 Å². The summed E-state index contributed by atoms with van der Waals surface area (Å²) in [5.74, 6) is 0. The molecule has 0 unspecified atom stereocenters. The van der Waals surface area contributed by atoms with Gasteiger partial charge in [0.15, 0.2) is 0 Å². The fraction of sp³-hybridized carbons (Fsp3) is 0. The minimum atomic E-state index is -5.12. The summed E-state index contributed by atoms with van der Waals surface area (Å²) in [6, 6.07) is 0. The maximum atomic E-state index is 8.80. The van der Waals surface area contributed by atoms with Gasteiger partial charge >= 0.3 is 48.3 Å². The van der Waals surface area contributed by atoms with E-state index in [1.807, 2.05) is 0 Å². The van der Waals surface area contributed by atoms with E-state index < -0.39 is 13.4 Å². The molecule has 61 valence electrons. The Kier molecular flexibility index (Phi) is 43.2. The van der Waals surface area contributed by atoms with Crippen molar-refractivity contribution in [2.75, 3.05) is 0 Å². The Morgan fingerprint density at radius 3 is 1.11 bits per heavy atom. The summed E-state index contributed by atoms with van der Waals surface area (Å²) < 4.78 is 31.8. The first-order valence-corrected chi connectivity index (χ1v) is 2.67. The predicted octanol–water partition coefficient (Wildman–Crippen LogP) is -2.01. The van der Waals surface area contributed by atoms with Crippen LogP contribution in [0.5, 0.6) is 0 Å². The summed E-state index contributed by atoms with van der Waals surface area (Å²) in [6.45, 7) is 0. The maximum absolute atomic E-state index is 8.80. The molecule has 0 atom stereocenters. The molecule has 0 fully saturated rings. The molecule has 4 nitrogen and oxygen atoms in total. The Morgan fingerprint density at radius 2 is 1.11 bits per heavy atom. The summed E-state index contributed by atoms with van der Waals surface area (Å²) in [7, 11) is 0. The number of rotatable bonds is 0. The standard InChI is InChI=1S/Co.Li.2Mn.Ni.2H2O.2O.H/h;;;;;2*1H2;;;/q;;;+2;;;;;;/p-2. The molecule has 0 saturated heterocycles. The average Bonchev–Trinajstić information content (AvgIpc) is 0.722. The molecule has 0 rings (SSSR count). The van der Waals surface area contributed by atoms with Gasteiger partial charge in [-0.3, -0.25) is 0 Å². The van der Waals surface area contributed by atoms with Gasteiger partial charge in [0.05, 0.1) is 0 Å². The molecule has 0 heterocycles. The molecule has 0 saturated carbocycles. The number of hydrogen-bond acceptors (Lipinski definition) is 2. The first kappa shape index (κ1) is 30.4. The summed E-state index contributed by atoms with van der Waals surface area (Å²) in [4.78, 5) is 0. The van der Waals surface area contributed by atoms with Crippen LogP contribution in [0.2, 0.25) is 0 Å². The Balaban J connectivity index is -0.0000000133. The van der Waals surface area contributed by atoms with E-state index in [1.165, 1.54) is 0 Å². The van der Waals surface area contributed by atoms with Gasteiger partial charge in [0.1, 0.15) is 0 Å². The van der Waals surface area contributed by atoms with Crippen molar-refractivity contribution in [1.29, 1.82) is 0 Å². The Hall–Kier alpha value is 2.16. The van der Waals surface area contributed by atoms with E-state index in [0.29, 0.717) is 0 Å². The molecule has 2 N–H and O–H groups in total. The van der Waals surface area contributed by atoms with Crippen LogP contribution in [0.3, 0.4) is 0 Å². The van der Waals surface area contributed by atoms with Gasteiger partial charge in [-0.15, -0.1) is 0 Å². The second-order valence-corrected chi connectivity index (χ2v) is 1.71. The van der Waals surface area contributed by atoms with Crippen LogP contribution in [0.4, 0.5) is 0 Å². The molecule has 9 heavy (non-hydrogen) atoms. The Morgan fingerprint density at radius 1 is 1.11 bits per heavy atom. The summed E-state index contributed by atoms with van der Waals surface area (Å²) in [5, 5.41) is 0. The van der Waals surface area contributed by atoms with E-state index in [9.17, 15) is 0 Å². The zero-order valence-corrected chi connectivity index (χ0v) is 7.51. The van der Waals surface area contributed by atoms with E-state index in [1.54, 1.807) is 0 Å². The second-order valence-electron chi connectivity index (χ2n) is 0.415. The normalized spacial score (nSPS) is 6.44. The summed E-state index contributed by atoms with van der Waals surface area (Å²) >= 11 is -5.12. The summed E-state index contributed by atoms with van der Waals surface area (Å²) in [6.07, 6.45) is 0. The first-order valence-electron chi connectivity index (χ1n) is 0.647. The van der Waals surface area contributed by atoms with Crippen LogP contribution in [0, 0.1) is 0 Å². The van der Waals surface area contributed by atoms with Gasteiger partial charge in [-0.25, -0.2) is 0 Å². The molecule has 0 spiro atoms. The van der Waals surface area contributed by atoms with Gasteiger partial charge < -0.3 is 0 Å². The second kappa shape index (κ2) is 12.8. The molecule has 0 aliphatic rings. The molecule has 0 bridgehead atoms. The summed E-state index contributed by atoms with van der Waals surface area (Å²) in [5.41, 5.74) is 0. The molecular formula is H3CoLiMn2NiO4. The first-order chi connectivity index (χ1) is 2.00. The molecule has 0 amide bonds. The molecule has 0 aromatic heterocycles. The fourth-order valence-corrected chi connectivity index (χ4v) is 0. The third-order valence-electron chi connectivity index (χ3n) is 0. The third kappa shape index (κ3) is 145. The molecule has 2 radical (unpaired) electrons. The van der Waals surface area contributed by atoms with Crippen LogP contribution < -0.4 is 0 Å². The van der Waals surface area contributed by atoms with Crippen molar-refractivity contribution in [3.05, 3.63) is 0 Å². The monoisotopic (exact) mass is 301 g/mol. The molecule has 9 heteroatoms. The quantitative estimate of drug-likeness (QED) is 0.507. The zero-order valence-electron chi connectivity index (χ0n) is 3.12. The van der Waals surface area contributed by atoms with Crippen molar-refractivity contribution in [2.24, 2.45) is 0 Å². The van der Waals surface area contributed by atoms with Gasteiger partial charge in [-0.1, -0.05) is 0 Å². The molecule has 0 aliphatic heterocycles. The van der Waals surface area contributed by atoms with E-state index in [-0.39, 0.29) is 69.2 Å². The van der Waals surface area contributed by atoms with E-state index in [4.69, 9.17) is 16.0 Å². The van der Waals surface area contributed by atoms with E-state index >= 15 is 0 Å². The molecule has 0 aromatic rings. The van der Waals surface area contributed by atoms with Crippen molar-refractivity contribution in [2.45, 2.75) is 0 Å². The van der Waals surface area contributed by atoms with Crippen molar-refractivity contribution in [3.63, 3.8) is 0 Å². The van der Waals surface area contributed by atoms with Gasteiger partial charge in [-0.05, 0) is 0 Å². The van der Waals surface area contributed by atoms with Crippen molar-refractivity contribution in [1.82, 2.24) is 0 Å². The van der Waals surface area contributed by atoms with Crippen LogP contribution in [0.25, 0.3) is 0 Å². The zero-order chi connectivity index (χ0) is 4.50. The fourth-order valence-electron chi connectivity index (χ4n) is 0. The van der Waals surface area contributed by atoms with Gasteiger partial charge in [0, 0.05) is 50.3 Å². The van der Waals surface area contributed by atoms with Crippen LogP contribution >= 0.6 is 0 Å². The SMILES string of the molecule is [Co].[LiH].[Mn].[Ni].[O]=[Mn](=[O])([OH])[OH]. The molecule has 0 aromatic carbocycles. The Labute approximate surface area is 97.6 Å². The van der Waals surface area contributed by atoms with Crippen LogP contribution in [-0.4, -0.2) is 27.2 Å². The van der Waals surface area contributed by atoms with Crippen molar-refractivity contribution < 1.29 is 79.8 Å². The average molecular weight is 301 g/mol.